The molecule has 2 aliphatic heterocycles. The van der Waals surface area contributed by atoms with E-state index in [1.54, 1.807) is 15.6 Å². The van der Waals surface area contributed by atoms with Crippen LogP contribution in [0.2, 0.25) is 0 Å². The predicted molar refractivity (Wildman–Crippen MR) is 140 cm³/mol. The summed E-state index contributed by atoms with van der Waals surface area (Å²) in [5, 5.41) is 7.61. The first-order chi connectivity index (χ1) is 18.0. The maximum Gasteiger partial charge on any atom is 0.274 e. The van der Waals surface area contributed by atoms with Crippen molar-refractivity contribution in [1.29, 1.82) is 0 Å². The van der Waals surface area contributed by atoms with E-state index in [2.05, 4.69) is 10.4 Å². The second kappa shape index (κ2) is 11.0. The molecule has 8 nitrogen and oxygen atoms in total. The van der Waals surface area contributed by atoms with Gasteiger partial charge in [0.1, 0.15) is 5.69 Å². The first kappa shape index (κ1) is 24.7. The summed E-state index contributed by atoms with van der Waals surface area (Å²) >= 11 is 0. The number of hydrogen-bond donors (Lipinski definition) is 1. The van der Waals surface area contributed by atoms with Crippen LogP contribution < -0.4 is 5.32 Å². The average Bonchev–Trinajstić information content (AvgIpc) is 3.31. The first-order valence-electron chi connectivity index (χ1n) is 13.1. The molecule has 1 N–H and O–H groups in total. The van der Waals surface area contributed by atoms with Crippen LogP contribution in [-0.2, 0) is 17.9 Å². The van der Waals surface area contributed by atoms with Gasteiger partial charge in [-0.15, -0.1) is 0 Å². The van der Waals surface area contributed by atoms with Crippen molar-refractivity contribution < 1.29 is 14.4 Å². The van der Waals surface area contributed by atoms with Crippen LogP contribution >= 0.6 is 0 Å². The van der Waals surface area contributed by atoms with E-state index < -0.39 is 0 Å². The first-order valence-corrected chi connectivity index (χ1v) is 13.1. The number of benzene rings is 2. The summed E-state index contributed by atoms with van der Waals surface area (Å²) in [5.41, 5.74) is 2.90. The number of aromatic nitrogens is 2. The largest absolute Gasteiger partial charge is 0.349 e. The van der Waals surface area contributed by atoms with Crippen LogP contribution in [0.4, 0.5) is 0 Å². The van der Waals surface area contributed by atoms with Gasteiger partial charge in [-0.05, 0) is 37.3 Å². The Bertz CT molecular complexity index is 1250. The van der Waals surface area contributed by atoms with Crippen LogP contribution in [0, 0.1) is 5.92 Å². The van der Waals surface area contributed by atoms with E-state index in [1.165, 1.54) is 0 Å². The van der Waals surface area contributed by atoms with Crippen molar-refractivity contribution in [2.24, 2.45) is 5.92 Å². The molecule has 0 aliphatic carbocycles. The Kier molecular flexibility index (Phi) is 7.35. The molecule has 3 aromatic rings. The Labute approximate surface area is 217 Å². The number of piperidine rings is 1. The second-order valence-corrected chi connectivity index (χ2v) is 9.91. The van der Waals surface area contributed by atoms with E-state index in [0.717, 1.165) is 17.5 Å². The number of fused-ring (bicyclic) bond motifs is 1. The van der Waals surface area contributed by atoms with Gasteiger partial charge in [-0.25, -0.2) is 0 Å². The zero-order chi connectivity index (χ0) is 25.8. The fraction of sp³-hybridized carbons (Fsp3) is 0.379. The minimum absolute atomic E-state index is 0.0289. The van der Waals surface area contributed by atoms with Crippen molar-refractivity contribution in [3.05, 3.63) is 89.2 Å². The summed E-state index contributed by atoms with van der Waals surface area (Å²) < 4.78 is 1.67. The lowest BCUT2D eigenvalue weighted by Gasteiger charge is -2.31. The molecule has 0 bridgehead atoms. The number of aryl methyl sites for hydroxylation is 1. The SMILES string of the molecule is C[C@H](NC(=O)C1CCN(C(=O)c2cc3n(n2)CCCN(Cc2ccccc2)C3=O)CC1)c1ccccc1. The maximum absolute atomic E-state index is 13.3. The Balaban J connectivity index is 1.19. The average molecular weight is 500 g/mol. The molecule has 5 rings (SSSR count). The quantitative estimate of drug-likeness (QED) is 0.561. The van der Waals surface area contributed by atoms with E-state index >= 15 is 0 Å². The molecule has 2 aromatic carbocycles. The Hall–Kier alpha value is -3.94. The van der Waals surface area contributed by atoms with Crippen molar-refractivity contribution in [2.45, 2.75) is 45.3 Å². The van der Waals surface area contributed by atoms with Gasteiger partial charge in [-0.1, -0.05) is 60.7 Å². The molecule has 192 valence electrons. The lowest BCUT2D eigenvalue weighted by Crippen LogP contribution is -2.43. The number of rotatable bonds is 6. The molecular weight excluding hydrogens is 466 g/mol. The van der Waals surface area contributed by atoms with Gasteiger partial charge >= 0.3 is 0 Å². The summed E-state index contributed by atoms with van der Waals surface area (Å²) in [5.74, 6) is -0.376. The number of amides is 3. The zero-order valence-corrected chi connectivity index (χ0v) is 21.2. The fourth-order valence-electron chi connectivity index (χ4n) is 5.16. The highest BCUT2D eigenvalue weighted by Gasteiger charge is 2.31. The predicted octanol–water partition coefficient (Wildman–Crippen LogP) is 3.66. The van der Waals surface area contributed by atoms with Crippen LogP contribution in [0.1, 0.15) is 64.3 Å². The highest BCUT2D eigenvalue weighted by molar-refractivity contribution is 5.98. The van der Waals surface area contributed by atoms with Gasteiger partial charge in [-0.3, -0.25) is 19.1 Å². The summed E-state index contributed by atoms with van der Waals surface area (Å²) in [7, 11) is 0. The minimum atomic E-state index is -0.181. The number of carbonyl (C=O) groups is 3. The molecule has 0 saturated carbocycles. The Morgan fingerprint density at radius 3 is 2.35 bits per heavy atom. The lowest BCUT2D eigenvalue weighted by atomic mass is 9.95. The molecule has 0 unspecified atom stereocenters. The molecule has 1 aromatic heterocycles. The standard InChI is InChI=1S/C29H33N5O3/c1-21(23-11-6-3-7-12-23)30-27(35)24-13-17-32(18-14-24)28(36)25-19-26-29(37)33(15-8-16-34(26)31-25)20-22-9-4-2-5-10-22/h2-7,9-12,19,21,24H,8,13-18,20H2,1H3,(H,30,35)/t21-/m0/s1. The topological polar surface area (TPSA) is 87.5 Å². The smallest absolute Gasteiger partial charge is 0.274 e. The van der Waals surface area contributed by atoms with Gasteiger partial charge in [0, 0.05) is 44.7 Å². The molecule has 1 fully saturated rings. The number of carbonyl (C=O) groups excluding carboxylic acids is 3. The molecule has 3 heterocycles. The van der Waals surface area contributed by atoms with Gasteiger partial charge in [-0.2, -0.15) is 5.10 Å². The normalized spacial score (nSPS) is 17.2. The third-order valence-corrected chi connectivity index (χ3v) is 7.33. The summed E-state index contributed by atoms with van der Waals surface area (Å²) in [6, 6.07) is 21.4. The number of nitrogens with zero attached hydrogens (tertiary/aromatic N) is 4. The molecule has 0 spiro atoms. The lowest BCUT2D eigenvalue weighted by molar-refractivity contribution is -0.127. The molecule has 37 heavy (non-hydrogen) atoms. The van der Waals surface area contributed by atoms with Gasteiger partial charge in [0.2, 0.25) is 5.91 Å². The highest BCUT2D eigenvalue weighted by atomic mass is 16.2. The van der Waals surface area contributed by atoms with Gasteiger partial charge in [0.05, 0.1) is 6.04 Å². The third-order valence-electron chi connectivity index (χ3n) is 7.33. The van der Waals surface area contributed by atoms with Gasteiger partial charge in [0.25, 0.3) is 11.8 Å². The van der Waals surface area contributed by atoms with E-state index in [1.807, 2.05) is 72.5 Å². The van der Waals surface area contributed by atoms with E-state index in [0.29, 0.717) is 57.0 Å². The van der Waals surface area contributed by atoms with E-state index in [4.69, 9.17) is 0 Å². The fourth-order valence-corrected chi connectivity index (χ4v) is 5.16. The van der Waals surface area contributed by atoms with E-state index in [-0.39, 0.29) is 29.7 Å². The van der Waals surface area contributed by atoms with Crippen molar-refractivity contribution in [1.82, 2.24) is 24.9 Å². The molecular formula is C29H33N5O3. The maximum atomic E-state index is 13.3. The summed E-state index contributed by atoms with van der Waals surface area (Å²) in [6.45, 7) is 4.75. The van der Waals surface area contributed by atoms with Gasteiger partial charge in [0.15, 0.2) is 5.69 Å². The Morgan fingerprint density at radius 2 is 1.65 bits per heavy atom. The number of nitrogens with one attached hydrogen (secondary N) is 1. The van der Waals surface area contributed by atoms with Crippen molar-refractivity contribution in [3.63, 3.8) is 0 Å². The van der Waals surface area contributed by atoms with Crippen LogP contribution in [0.25, 0.3) is 0 Å². The zero-order valence-electron chi connectivity index (χ0n) is 21.2. The number of likely N-dealkylation sites (tertiary alicyclic amines) is 1. The molecule has 1 atom stereocenters. The van der Waals surface area contributed by atoms with Crippen molar-refractivity contribution in [2.75, 3.05) is 19.6 Å². The van der Waals surface area contributed by atoms with Crippen LogP contribution in [0.3, 0.4) is 0 Å². The van der Waals surface area contributed by atoms with Crippen LogP contribution in [0.15, 0.2) is 66.7 Å². The Morgan fingerprint density at radius 1 is 0.973 bits per heavy atom. The van der Waals surface area contributed by atoms with Crippen molar-refractivity contribution in [3.8, 4) is 0 Å². The summed E-state index contributed by atoms with van der Waals surface area (Å²) in [6.07, 6.45) is 2.00. The molecule has 3 amide bonds. The third kappa shape index (κ3) is 5.58. The number of hydrogen-bond acceptors (Lipinski definition) is 4. The van der Waals surface area contributed by atoms with Crippen LogP contribution in [-0.4, -0.2) is 56.9 Å². The highest BCUT2D eigenvalue weighted by Crippen LogP contribution is 2.22. The molecule has 8 heteroatoms. The molecule has 2 aliphatic rings. The monoisotopic (exact) mass is 499 g/mol. The summed E-state index contributed by atoms with van der Waals surface area (Å²) in [4.78, 5) is 42.9. The molecule has 1 saturated heterocycles. The second-order valence-electron chi connectivity index (χ2n) is 9.91. The molecule has 0 radical (unpaired) electrons. The van der Waals surface area contributed by atoms with Crippen molar-refractivity contribution >= 4 is 17.7 Å². The minimum Gasteiger partial charge on any atom is -0.349 e. The van der Waals surface area contributed by atoms with Gasteiger partial charge < -0.3 is 15.1 Å². The van der Waals surface area contributed by atoms with E-state index in [9.17, 15) is 14.4 Å². The van der Waals surface area contributed by atoms with Crippen LogP contribution in [0.5, 0.6) is 0 Å².